The summed E-state index contributed by atoms with van der Waals surface area (Å²) in [5, 5.41) is 4.36. The molecule has 0 radical (unpaired) electrons. The van der Waals surface area contributed by atoms with Gasteiger partial charge in [-0.15, -0.1) is 0 Å². The lowest BCUT2D eigenvalue weighted by Crippen LogP contribution is -2.33. The lowest BCUT2D eigenvalue weighted by molar-refractivity contribution is -0.142. The number of hydrogen-bond donors (Lipinski definition) is 1. The van der Waals surface area contributed by atoms with E-state index in [1.165, 1.54) is 12.7 Å². The molecule has 2 rings (SSSR count). The SMILES string of the molecule is COC(=O)C(N)Cc1cnn(Cc2ccccc2)c1C. The van der Waals surface area contributed by atoms with Crippen molar-refractivity contribution in [2.45, 2.75) is 25.9 Å². The van der Waals surface area contributed by atoms with Crippen LogP contribution in [0.1, 0.15) is 16.8 Å². The zero-order valence-corrected chi connectivity index (χ0v) is 11.7. The summed E-state index contributed by atoms with van der Waals surface area (Å²) < 4.78 is 6.55. The van der Waals surface area contributed by atoms with Crippen molar-refractivity contribution in [2.24, 2.45) is 5.73 Å². The lowest BCUT2D eigenvalue weighted by atomic mass is 10.1. The first kappa shape index (κ1) is 14.3. The fourth-order valence-electron chi connectivity index (χ4n) is 2.07. The molecule has 0 aliphatic heterocycles. The van der Waals surface area contributed by atoms with Crippen LogP contribution in [0.15, 0.2) is 36.5 Å². The van der Waals surface area contributed by atoms with Gasteiger partial charge in [-0.2, -0.15) is 5.10 Å². The lowest BCUT2D eigenvalue weighted by Gasteiger charge is -2.09. The van der Waals surface area contributed by atoms with E-state index in [2.05, 4.69) is 22.0 Å². The van der Waals surface area contributed by atoms with E-state index in [-0.39, 0.29) is 0 Å². The molecular weight excluding hydrogens is 254 g/mol. The molecule has 106 valence electrons. The first-order valence-corrected chi connectivity index (χ1v) is 6.50. The zero-order chi connectivity index (χ0) is 14.5. The van der Waals surface area contributed by atoms with Crippen molar-refractivity contribution in [1.29, 1.82) is 0 Å². The molecule has 0 saturated carbocycles. The van der Waals surface area contributed by atoms with Gasteiger partial charge in [-0.3, -0.25) is 9.48 Å². The highest BCUT2D eigenvalue weighted by atomic mass is 16.5. The summed E-state index contributed by atoms with van der Waals surface area (Å²) >= 11 is 0. The molecule has 0 fully saturated rings. The molecule has 1 unspecified atom stereocenters. The van der Waals surface area contributed by atoms with Crippen LogP contribution in [0.25, 0.3) is 0 Å². The van der Waals surface area contributed by atoms with Crippen LogP contribution >= 0.6 is 0 Å². The highest BCUT2D eigenvalue weighted by Crippen LogP contribution is 2.12. The Balaban J connectivity index is 2.09. The molecule has 0 saturated heterocycles. The number of aromatic nitrogens is 2. The molecule has 2 aromatic rings. The first-order valence-electron chi connectivity index (χ1n) is 6.50. The number of esters is 1. The fourth-order valence-corrected chi connectivity index (χ4v) is 2.07. The highest BCUT2D eigenvalue weighted by molar-refractivity contribution is 5.75. The second kappa shape index (κ2) is 6.34. The molecule has 20 heavy (non-hydrogen) atoms. The predicted molar refractivity (Wildman–Crippen MR) is 76.2 cm³/mol. The molecule has 1 heterocycles. The normalized spacial score (nSPS) is 12.2. The van der Waals surface area contributed by atoms with Crippen LogP contribution < -0.4 is 5.73 Å². The number of rotatable bonds is 5. The quantitative estimate of drug-likeness (QED) is 0.833. The summed E-state index contributed by atoms with van der Waals surface area (Å²) in [7, 11) is 1.34. The van der Waals surface area contributed by atoms with Gasteiger partial charge in [0.2, 0.25) is 0 Å². The molecule has 0 spiro atoms. The summed E-state index contributed by atoms with van der Waals surface area (Å²) in [4.78, 5) is 11.4. The van der Waals surface area contributed by atoms with Crippen molar-refractivity contribution in [1.82, 2.24) is 9.78 Å². The Morgan fingerprint density at radius 3 is 2.75 bits per heavy atom. The van der Waals surface area contributed by atoms with Gasteiger partial charge in [0.05, 0.1) is 19.9 Å². The summed E-state index contributed by atoms with van der Waals surface area (Å²) in [5.74, 6) is -0.403. The van der Waals surface area contributed by atoms with E-state index >= 15 is 0 Å². The second-order valence-corrected chi connectivity index (χ2v) is 4.73. The molecule has 1 atom stereocenters. The van der Waals surface area contributed by atoms with Gasteiger partial charge in [0, 0.05) is 12.1 Å². The maximum Gasteiger partial charge on any atom is 0.322 e. The second-order valence-electron chi connectivity index (χ2n) is 4.73. The predicted octanol–water partition coefficient (Wildman–Crippen LogP) is 1.28. The topological polar surface area (TPSA) is 70.1 Å². The van der Waals surface area contributed by atoms with Crippen LogP contribution in [-0.2, 0) is 22.5 Å². The summed E-state index contributed by atoms with van der Waals surface area (Å²) in [6.07, 6.45) is 2.20. The first-order chi connectivity index (χ1) is 9.61. The standard InChI is InChI=1S/C15H19N3O2/c1-11-13(8-14(16)15(19)20-2)9-17-18(11)10-12-6-4-3-5-7-12/h3-7,9,14H,8,10,16H2,1-2H3. The average molecular weight is 273 g/mol. The molecule has 5 heteroatoms. The number of nitrogens with two attached hydrogens (primary N) is 1. The van der Waals surface area contributed by atoms with Gasteiger partial charge in [-0.05, 0) is 18.1 Å². The van der Waals surface area contributed by atoms with E-state index in [1.807, 2.05) is 29.8 Å². The van der Waals surface area contributed by atoms with Gasteiger partial charge >= 0.3 is 5.97 Å². The van der Waals surface area contributed by atoms with Gasteiger partial charge in [-0.25, -0.2) is 0 Å². The number of ether oxygens (including phenoxy) is 1. The van der Waals surface area contributed by atoms with Crippen molar-refractivity contribution >= 4 is 5.97 Å². The molecule has 1 aromatic carbocycles. The zero-order valence-electron chi connectivity index (χ0n) is 11.7. The van der Waals surface area contributed by atoms with Crippen molar-refractivity contribution in [3.8, 4) is 0 Å². The van der Waals surface area contributed by atoms with Crippen LogP contribution in [0.3, 0.4) is 0 Å². The largest absolute Gasteiger partial charge is 0.468 e. The molecule has 0 aliphatic rings. The third kappa shape index (κ3) is 3.24. The number of carbonyl (C=O) groups is 1. The summed E-state index contributed by atoms with van der Waals surface area (Å²) in [6, 6.07) is 9.46. The highest BCUT2D eigenvalue weighted by Gasteiger charge is 2.17. The number of nitrogens with zero attached hydrogens (tertiary/aromatic N) is 2. The smallest absolute Gasteiger partial charge is 0.322 e. The van der Waals surface area contributed by atoms with Crippen molar-refractivity contribution in [3.05, 3.63) is 53.3 Å². The van der Waals surface area contributed by atoms with E-state index in [0.29, 0.717) is 13.0 Å². The van der Waals surface area contributed by atoms with Crippen LogP contribution in [-0.4, -0.2) is 28.9 Å². The van der Waals surface area contributed by atoms with Crippen LogP contribution in [0.2, 0.25) is 0 Å². The maximum atomic E-state index is 11.4. The average Bonchev–Trinajstić information content (AvgIpc) is 2.80. The van der Waals surface area contributed by atoms with Crippen molar-refractivity contribution < 1.29 is 9.53 Å². The molecule has 2 N–H and O–H groups in total. The van der Waals surface area contributed by atoms with Gasteiger partial charge in [0.1, 0.15) is 6.04 Å². The number of methoxy groups -OCH3 is 1. The van der Waals surface area contributed by atoms with Crippen molar-refractivity contribution in [3.63, 3.8) is 0 Å². The Morgan fingerprint density at radius 1 is 1.40 bits per heavy atom. The van der Waals surface area contributed by atoms with E-state index < -0.39 is 12.0 Å². The van der Waals surface area contributed by atoms with Crippen LogP contribution in [0, 0.1) is 6.92 Å². The van der Waals surface area contributed by atoms with Gasteiger partial charge in [0.25, 0.3) is 0 Å². The summed E-state index contributed by atoms with van der Waals surface area (Å²) in [5.41, 5.74) is 8.95. The minimum atomic E-state index is -0.645. The van der Waals surface area contributed by atoms with E-state index in [0.717, 1.165) is 11.3 Å². The van der Waals surface area contributed by atoms with Gasteiger partial charge < -0.3 is 10.5 Å². The minimum Gasteiger partial charge on any atom is -0.468 e. The summed E-state index contributed by atoms with van der Waals surface area (Å²) in [6.45, 7) is 2.69. The molecule has 1 aromatic heterocycles. The third-order valence-electron chi connectivity index (χ3n) is 3.32. The number of hydrogen-bond acceptors (Lipinski definition) is 4. The molecule has 0 amide bonds. The van der Waals surface area contributed by atoms with Gasteiger partial charge in [0.15, 0.2) is 0 Å². The number of benzene rings is 1. The Labute approximate surface area is 118 Å². The molecule has 0 aliphatic carbocycles. The van der Waals surface area contributed by atoms with Gasteiger partial charge in [-0.1, -0.05) is 30.3 Å². The Morgan fingerprint density at radius 2 is 2.10 bits per heavy atom. The fraction of sp³-hybridized carbons (Fsp3) is 0.333. The maximum absolute atomic E-state index is 11.4. The van der Waals surface area contributed by atoms with E-state index in [9.17, 15) is 4.79 Å². The van der Waals surface area contributed by atoms with E-state index in [1.54, 1.807) is 6.20 Å². The molecule has 5 nitrogen and oxygen atoms in total. The number of carbonyl (C=O) groups excluding carboxylic acids is 1. The Bertz CT molecular complexity index is 578. The Kier molecular flexibility index (Phi) is 4.53. The molecule has 0 bridgehead atoms. The van der Waals surface area contributed by atoms with Crippen molar-refractivity contribution in [2.75, 3.05) is 7.11 Å². The van der Waals surface area contributed by atoms with Crippen LogP contribution in [0.5, 0.6) is 0 Å². The van der Waals surface area contributed by atoms with E-state index in [4.69, 9.17) is 5.73 Å². The third-order valence-corrected chi connectivity index (χ3v) is 3.32. The monoisotopic (exact) mass is 273 g/mol. The Hall–Kier alpha value is -2.14. The molecular formula is C15H19N3O2. The minimum absolute atomic E-state index is 0.403. The van der Waals surface area contributed by atoms with Crippen LogP contribution in [0.4, 0.5) is 0 Å².